The van der Waals surface area contributed by atoms with E-state index >= 15 is 0 Å². The predicted octanol–water partition coefficient (Wildman–Crippen LogP) is -0.162. The van der Waals surface area contributed by atoms with Crippen LogP contribution in [0.4, 0.5) is 0 Å². The van der Waals surface area contributed by atoms with Gasteiger partial charge in [0.05, 0.1) is 12.5 Å². The number of imide groups is 1. The maximum Gasteiger partial charge on any atom is 0.246 e. The van der Waals surface area contributed by atoms with Crippen molar-refractivity contribution in [2.75, 3.05) is 26.7 Å². The van der Waals surface area contributed by atoms with Crippen LogP contribution in [-0.2, 0) is 9.59 Å². The maximum absolute atomic E-state index is 11.9. The molecule has 5 nitrogen and oxygen atoms in total. The first-order valence-electron chi connectivity index (χ1n) is 6.28. The van der Waals surface area contributed by atoms with E-state index in [4.69, 9.17) is 5.11 Å². The summed E-state index contributed by atoms with van der Waals surface area (Å²) in [6, 6.07) is -0.256. The van der Waals surface area contributed by atoms with Crippen molar-refractivity contribution in [1.82, 2.24) is 9.80 Å². The number of aliphatic hydroxyl groups is 1. The number of carbonyl (C=O) groups excluding carboxylic acids is 2. The lowest BCUT2D eigenvalue weighted by Gasteiger charge is -2.35. The van der Waals surface area contributed by atoms with Gasteiger partial charge in [0, 0.05) is 20.2 Å². The first kappa shape index (κ1) is 12.5. The summed E-state index contributed by atoms with van der Waals surface area (Å²) in [5.74, 6) is 0.312. The Kier molecular flexibility index (Phi) is 3.79. The van der Waals surface area contributed by atoms with Gasteiger partial charge in [-0.15, -0.1) is 0 Å². The lowest BCUT2D eigenvalue weighted by molar-refractivity contribution is -0.138. The molecule has 2 rings (SSSR count). The van der Waals surface area contributed by atoms with Crippen LogP contribution >= 0.6 is 0 Å². The van der Waals surface area contributed by atoms with Gasteiger partial charge in [-0.3, -0.25) is 19.4 Å². The molecule has 17 heavy (non-hydrogen) atoms. The molecular formula is C12H20N2O3. The first-order valence-corrected chi connectivity index (χ1v) is 6.28. The number of amides is 2. The van der Waals surface area contributed by atoms with Gasteiger partial charge in [0.2, 0.25) is 11.8 Å². The van der Waals surface area contributed by atoms with Gasteiger partial charge in [0.1, 0.15) is 0 Å². The zero-order valence-electron chi connectivity index (χ0n) is 10.3. The molecular weight excluding hydrogens is 220 g/mol. The Morgan fingerprint density at radius 3 is 2.76 bits per heavy atom. The van der Waals surface area contributed by atoms with Crippen LogP contribution in [0.1, 0.15) is 25.7 Å². The summed E-state index contributed by atoms with van der Waals surface area (Å²) in [7, 11) is 1.56. The molecule has 0 radical (unpaired) electrons. The van der Waals surface area contributed by atoms with E-state index in [1.165, 1.54) is 4.90 Å². The quantitative estimate of drug-likeness (QED) is 0.696. The summed E-state index contributed by atoms with van der Waals surface area (Å²) in [5, 5.41) is 8.96. The molecule has 2 unspecified atom stereocenters. The highest BCUT2D eigenvalue weighted by molar-refractivity contribution is 6.05. The Hall–Kier alpha value is -0.940. The molecule has 96 valence electrons. The Morgan fingerprint density at radius 1 is 1.41 bits per heavy atom. The lowest BCUT2D eigenvalue weighted by Crippen LogP contribution is -2.46. The summed E-state index contributed by atoms with van der Waals surface area (Å²) in [6.07, 6.45) is 3.27. The molecule has 0 saturated carbocycles. The summed E-state index contributed by atoms with van der Waals surface area (Å²) < 4.78 is 0. The van der Waals surface area contributed by atoms with Crippen molar-refractivity contribution in [2.24, 2.45) is 5.92 Å². The third-order valence-electron chi connectivity index (χ3n) is 3.89. The molecule has 2 atom stereocenters. The predicted molar refractivity (Wildman–Crippen MR) is 62.2 cm³/mol. The van der Waals surface area contributed by atoms with Crippen molar-refractivity contribution in [3.8, 4) is 0 Å². The maximum atomic E-state index is 11.9. The second-order valence-electron chi connectivity index (χ2n) is 5.03. The van der Waals surface area contributed by atoms with Crippen molar-refractivity contribution in [1.29, 1.82) is 0 Å². The molecule has 5 heteroatoms. The highest BCUT2D eigenvalue weighted by Gasteiger charge is 2.40. The van der Waals surface area contributed by atoms with E-state index in [2.05, 4.69) is 4.90 Å². The van der Waals surface area contributed by atoms with Gasteiger partial charge in [-0.1, -0.05) is 0 Å². The highest BCUT2D eigenvalue weighted by Crippen LogP contribution is 2.25. The van der Waals surface area contributed by atoms with E-state index < -0.39 is 0 Å². The van der Waals surface area contributed by atoms with Crippen molar-refractivity contribution in [3.63, 3.8) is 0 Å². The van der Waals surface area contributed by atoms with E-state index in [9.17, 15) is 9.59 Å². The second-order valence-corrected chi connectivity index (χ2v) is 5.03. The number of nitrogens with zero attached hydrogens (tertiary/aromatic N) is 2. The molecule has 2 saturated heterocycles. The summed E-state index contributed by atoms with van der Waals surface area (Å²) >= 11 is 0. The van der Waals surface area contributed by atoms with Crippen molar-refractivity contribution in [2.45, 2.75) is 31.7 Å². The van der Waals surface area contributed by atoms with E-state index in [0.717, 1.165) is 32.4 Å². The van der Waals surface area contributed by atoms with Crippen LogP contribution in [0.3, 0.4) is 0 Å². The molecule has 0 aromatic carbocycles. The fourth-order valence-corrected chi connectivity index (χ4v) is 2.82. The number of rotatable bonds is 3. The molecule has 0 aliphatic carbocycles. The SMILES string of the molecule is CN1C(=O)CC(N2CCCC(CCO)C2)C1=O. The van der Waals surface area contributed by atoms with Gasteiger partial charge in [0.25, 0.3) is 0 Å². The second kappa shape index (κ2) is 5.14. The molecule has 0 bridgehead atoms. The van der Waals surface area contributed by atoms with Crippen LogP contribution in [0.15, 0.2) is 0 Å². The number of likely N-dealkylation sites (tertiary alicyclic amines) is 2. The molecule has 0 aromatic rings. The third-order valence-corrected chi connectivity index (χ3v) is 3.89. The fraction of sp³-hybridized carbons (Fsp3) is 0.833. The molecule has 2 aliphatic heterocycles. The van der Waals surface area contributed by atoms with E-state index in [1.54, 1.807) is 7.05 Å². The Morgan fingerprint density at radius 2 is 2.18 bits per heavy atom. The Bertz CT molecular complexity index is 317. The number of aliphatic hydroxyl groups excluding tert-OH is 1. The smallest absolute Gasteiger partial charge is 0.246 e. The van der Waals surface area contributed by atoms with Crippen molar-refractivity contribution >= 4 is 11.8 Å². The zero-order valence-corrected chi connectivity index (χ0v) is 10.3. The number of piperidine rings is 1. The number of likely N-dealkylation sites (N-methyl/N-ethyl adjacent to an activating group) is 1. The van der Waals surface area contributed by atoms with E-state index in [0.29, 0.717) is 12.3 Å². The van der Waals surface area contributed by atoms with Crippen LogP contribution < -0.4 is 0 Å². The number of hydrogen-bond acceptors (Lipinski definition) is 4. The minimum absolute atomic E-state index is 0.0698. The number of carbonyl (C=O) groups is 2. The average Bonchev–Trinajstić information content (AvgIpc) is 2.58. The van der Waals surface area contributed by atoms with Crippen molar-refractivity contribution < 1.29 is 14.7 Å². The zero-order chi connectivity index (χ0) is 12.4. The highest BCUT2D eigenvalue weighted by atomic mass is 16.3. The Labute approximate surface area is 101 Å². The average molecular weight is 240 g/mol. The van der Waals surface area contributed by atoms with Crippen LogP contribution in [-0.4, -0.2) is 59.5 Å². The van der Waals surface area contributed by atoms with Gasteiger partial charge in [-0.2, -0.15) is 0 Å². The molecule has 2 aliphatic rings. The van der Waals surface area contributed by atoms with Gasteiger partial charge in [-0.05, 0) is 31.7 Å². The molecule has 0 aromatic heterocycles. The molecule has 2 amide bonds. The lowest BCUT2D eigenvalue weighted by atomic mass is 9.94. The summed E-state index contributed by atoms with van der Waals surface area (Å²) in [6.45, 7) is 1.92. The largest absolute Gasteiger partial charge is 0.396 e. The molecule has 2 fully saturated rings. The standard InChI is InChI=1S/C12H20N2O3/c1-13-11(16)7-10(12(13)17)14-5-2-3-9(8-14)4-6-15/h9-10,15H,2-8H2,1H3. The van der Waals surface area contributed by atoms with E-state index in [-0.39, 0.29) is 24.5 Å². The fourth-order valence-electron chi connectivity index (χ4n) is 2.82. The number of hydrogen-bond donors (Lipinski definition) is 1. The van der Waals surface area contributed by atoms with Gasteiger partial charge in [0.15, 0.2) is 0 Å². The van der Waals surface area contributed by atoms with Gasteiger partial charge >= 0.3 is 0 Å². The Balaban J connectivity index is 1.98. The van der Waals surface area contributed by atoms with Gasteiger partial charge < -0.3 is 5.11 Å². The van der Waals surface area contributed by atoms with Crippen LogP contribution in [0.2, 0.25) is 0 Å². The third kappa shape index (κ3) is 2.50. The minimum atomic E-state index is -0.256. The summed E-state index contributed by atoms with van der Waals surface area (Å²) in [4.78, 5) is 26.7. The molecule has 0 spiro atoms. The summed E-state index contributed by atoms with van der Waals surface area (Å²) in [5.41, 5.74) is 0. The molecule has 1 N–H and O–H groups in total. The molecule has 2 heterocycles. The monoisotopic (exact) mass is 240 g/mol. The van der Waals surface area contributed by atoms with Crippen molar-refractivity contribution in [3.05, 3.63) is 0 Å². The first-order chi connectivity index (χ1) is 8.13. The van der Waals surface area contributed by atoms with Crippen LogP contribution in [0.5, 0.6) is 0 Å². The van der Waals surface area contributed by atoms with Gasteiger partial charge in [-0.25, -0.2) is 0 Å². The van der Waals surface area contributed by atoms with E-state index in [1.807, 2.05) is 0 Å². The topological polar surface area (TPSA) is 60.9 Å². The van der Waals surface area contributed by atoms with Crippen LogP contribution in [0, 0.1) is 5.92 Å². The van der Waals surface area contributed by atoms with Crippen LogP contribution in [0.25, 0.3) is 0 Å². The minimum Gasteiger partial charge on any atom is -0.396 e. The normalized spacial score (nSPS) is 31.3.